The van der Waals surface area contributed by atoms with Crippen LogP contribution in [0.25, 0.3) is 0 Å². The molecule has 2 rings (SSSR count). The second-order valence-corrected chi connectivity index (χ2v) is 4.61. The predicted molar refractivity (Wildman–Crippen MR) is 68.7 cm³/mol. The Bertz CT molecular complexity index is 378. The van der Waals surface area contributed by atoms with E-state index in [1.165, 1.54) is 0 Å². The molecule has 1 N–H and O–H groups in total. The number of carbonyl (C=O) groups is 1. The van der Waals surface area contributed by atoms with Gasteiger partial charge in [0.1, 0.15) is 0 Å². The second-order valence-electron chi connectivity index (χ2n) is 4.61. The largest absolute Gasteiger partial charge is 0.353 e. The van der Waals surface area contributed by atoms with Gasteiger partial charge >= 0.3 is 0 Å². The molecule has 1 fully saturated rings. The molecule has 4 nitrogen and oxygen atoms in total. The van der Waals surface area contributed by atoms with Crippen LogP contribution < -0.4 is 5.32 Å². The molecule has 1 amide bonds. The molecule has 0 atom stereocenters. The third kappa shape index (κ3) is 2.87. The van der Waals surface area contributed by atoms with Crippen LogP contribution in [-0.2, 0) is 17.3 Å². The zero-order chi connectivity index (χ0) is 13.1. The van der Waals surface area contributed by atoms with Crippen molar-refractivity contribution >= 4 is 5.91 Å². The summed E-state index contributed by atoms with van der Waals surface area (Å²) in [7, 11) is 1.87. The Kier molecular flexibility index (Phi) is 4.32. The average Bonchev–Trinajstić information content (AvgIpc) is 2.99. The Hall–Kier alpha value is -1.32. The van der Waals surface area contributed by atoms with Gasteiger partial charge in [-0.15, -0.1) is 0 Å². The third-order valence-corrected chi connectivity index (χ3v) is 2.86. The number of amides is 1. The van der Waals surface area contributed by atoms with E-state index >= 15 is 0 Å². The van der Waals surface area contributed by atoms with Crippen LogP contribution in [0.1, 0.15) is 46.1 Å². The Morgan fingerprint density at radius 2 is 2.06 bits per heavy atom. The standard InChI is InChI=1S/C11H17N3O.C2H6/c1-8(2)13-10(15)11(4-5-11)9-6-12-14(3)7-9;1-2/h6-8H,4-5H2,1-3H3,(H,13,15);1-2H3. The molecule has 0 spiro atoms. The Balaban J connectivity index is 0.000000686. The van der Waals surface area contributed by atoms with E-state index < -0.39 is 0 Å². The lowest BCUT2D eigenvalue weighted by molar-refractivity contribution is -0.124. The van der Waals surface area contributed by atoms with Gasteiger partial charge in [-0.1, -0.05) is 13.8 Å². The van der Waals surface area contributed by atoms with Crippen LogP contribution in [0.4, 0.5) is 0 Å². The zero-order valence-corrected chi connectivity index (χ0v) is 11.4. The molecule has 0 radical (unpaired) electrons. The van der Waals surface area contributed by atoms with Crippen LogP contribution in [0.3, 0.4) is 0 Å². The molecule has 0 aromatic carbocycles. The summed E-state index contributed by atoms with van der Waals surface area (Å²) in [5.74, 6) is 0.144. The van der Waals surface area contributed by atoms with E-state index in [9.17, 15) is 4.79 Å². The Labute approximate surface area is 103 Å². The normalized spacial score (nSPS) is 16.1. The molecule has 4 heteroatoms. The molecule has 1 aromatic heterocycles. The molecular formula is C13H23N3O. The van der Waals surface area contributed by atoms with E-state index in [0.717, 1.165) is 18.4 Å². The highest BCUT2D eigenvalue weighted by atomic mass is 16.2. The van der Waals surface area contributed by atoms with Crippen LogP contribution in [0.15, 0.2) is 12.4 Å². The number of hydrogen-bond acceptors (Lipinski definition) is 2. The van der Waals surface area contributed by atoms with Gasteiger partial charge in [-0.2, -0.15) is 5.10 Å². The molecule has 0 saturated heterocycles. The van der Waals surface area contributed by atoms with Crippen LogP contribution in [0, 0.1) is 0 Å². The minimum Gasteiger partial charge on any atom is -0.353 e. The first kappa shape index (κ1) is 13.7. The quantitative estimate of drug-likeness (QED) is 0.874. The summed E-state index contributed by atoms with van der Waals surface area (Å²) in [6.45, 7) is 7.97. The van der Waals surface area contributed by atoms with Gasteiger partial charge < -0.3 is 5.32 Å². The van der Waals surface area contributed by atoms with Gasteiger partial charge in [0.05, 0.1) is 11.6 Å². The molecule has 1 aliphatic carbocycles. The topological polar surface area (TPSA) is 46.9 Å². The predicted octanol–water partition coefficient (Wildman–Crippen LogP) is 2.00. The first-order valence-electron chi connectivity index (χ1n) is 6.35. The zero-order valence-electron chi connectivity index (χ0n) is 11.4. The van der Waals surface area contributed by atoms with Crippen molar-refractivity contribution in [2.45, 2.75) is 52.0 Å². The molecule has 0 aliphatic heterocycles. The molecule has 96 valence electrons. The highest BCUT2D eigenvalue weighted by molar-refractivity contribution is 5.91. The lowest BCUT2D eigenvalue weighted by Crippen LogP contribution is -2.38. The monoisotopic (exact) mass is 237 g/mol. The lowest BCUT2D eigenvalue weighted by Gasteiger charge is -2.15. The van der Waals surface area contributed by atoms with Crippen LogP contribution in [-0.4, -0.2) is 21.7 Å². The van der Waals surface area contributed by atoms with Crippen molar-refractivity contribution in [3.8, 4) is 0 Å². The van der Waals surface area contributed by atoms with Gasteiger partial charge in [-0.3, -0.25) is 9.48 Å². The van der Waals surface area contributed by atoms with E-state index in [1.807, 2.05) is 40.9 Å². The summed E-state index contributed by atoms with van der Waals surface area (Å²) in [4.78, 5) is 12.0. The number of hydrogen-bond donors (Lipinski definition) is 1. The first-order valence-corrected chi connectivity index (χ1v) is 6.35. The fraction of sp³-hybridized carbons (Fsp3) is 0.692. The Morgan fingerprint density at radius 1 is 1.47 bits per heavy atom. The molecule has 17 heavy (non-hydrogen) atoms. The van der Waals surface area contributed by atoms with Gasteiger partial charge in [0.2, 0.25) is 5.91 Å². The van der Waals surface area contributed by atoms with E-state index in [4.69, 9.17) is 0 Å². The molecule has 1 heterocycles. The van der Waals surface area contributed by atoms with Crippen molar-refractivity contribution in [2.75, 3.05) is 0 Å². The SMILES string of the molecule is CC.CC(C)NC(=O)C1(c2cnn(C)c2)CC1. The van der Waals surface area contributed by atoms with Crippen molar-refractivity contribution in [1.82, 2.24) is 15.1 Å². The summed E-state index contributed by atoms with van der Waals surface area (Å²) in [5.41, 5.74) is 0.765. The molecule has 0 bridgehead atoms. The smallest absolute Gasteiger partial charge is 0.230 e. The van der Waals surface area contributed by atoms with E-state index in [2.05, 4.69) is 10.4 Å². The molecular weight excluding hydrogens is 214 g/mol. The minimum absolute atomic E-state index is 0.144. The molecule has 0 unspecified atom stereocenters. The maximum Gasteiger partial charge on any atom is 0.230 e. The highest BCUT2D eigenvalue weighted by Gasteiger charge is 2.52. The summed E-state index contributed by atoms with van der Waals surface area (Å²) in [6, 6.07) is 0.201. The van der Waals surface area contributed by atoms with Crippen LogP contribution in [0.5, 0.6) is 0 Å². The van der Waals surface area contributed by atoms with Gasteiger partial charge in [-0.05, 0) is 26.7 Å². The van der Waals surface area contributed by atoms with Crippen molar-refractivity contribution in [1.29, 1.82) is 0 Å². The maximum absolute atomic E-state index is 12.0. The average molecular weight is 237 g/mol. The van der Waals surface area contributed by atoms with Gasteiger partial charge in [0, 0.05) is 24.8 Å². The fourth-order valence-corrected chi connectivity index (χ4v) is 1.84. The van der Waals surface area contributed by atoms with Crippen LogP contribution in [0.2, 0.25) is 0 Å². The second kappa shape index (κ2) is 5.34. The summed E-state index contributed by atoms with van der Waals surface area (Å²) >= 11 is 0. The summed E-state index contributed by atoms with van der Waals surface area (Å²) in [5, 5.41) is 7.10. The lowest BCUT2D eigenvalue weighted by atomic mass is 9.98. The van der Waals surface area contributed by atoms with Gasteiger partial charge in [0.15, 0.2) is 0 Å². The fourth-order valence-electron chi connectivity index (χ4n) is 1.84. The van der Waals surface area contributed by atoms with Gasteiger partial charge in [0.25, 0.3) is 0 Å². The van der Waals surface area contributed by atoms with Crippen molar-refractivity contribution in [3.63, 3.8) is 0 Å². The van der Waals surface area contributed by atoms with E-state index in [0.29, 0.717) is 0 Å². The molecule has 1 saturated carbocycles. The number of nitrogens with zero attached hydrogens (tertiary/aromatic N) is 2. The molecule has 1 aromatic rings. The number of nitrogens with one attached hydrogen (secondary N) is 1. The van der Waals surface area contributed by atoms with E-state index in [-0.39, 0.29) is 17.4 Å². The Morgan fingerprint density at radius 3 is 2.41 bits per heavy atom. The van der Waals surface area contributed by atoms with Crippen molar-refractivity contribution < 1.29 is 4.79 Å². The highest BCUT2D eigenvalue weighted by Crippen LogP contribution is 2.48. The van der Waals surface area contributed by atoms with Gasteiger partial charge in [-0.25, -0.2) is 0 Å². The summed E-state index contributed by atoms with van der Waals surface area (Å²) < 4.78 is 1.75. The number of aromatic nitrogens is 2. The van der Waals surface area contributed by atoms with Crippen molar-refractivity contribution in [2.24, 2.45) is 7.05 Å². The van der Waals surface area contributed by atoms with Crippen LogP contribution >= 0.6 is 0 Å². The number of rotatable bonds is 3. The molecule has 1 aliphatic rings. The summed E-state index contributed by atoms with van der Waals surface area (Å²) in [6.07, 6.45) is 5.62. The maximum atomic E-state index is 12.0. The van der Waals surface area contributed by atoms with E-state index in [1.54, 1.807) is 10.9 Å². The third-order valence-electron chi connectivity index (χ3n) is 2.86. The minimum atomic E-state index is -0.279. The van der Waals surface area contributed by atoms with Crippen molar-refractivity contribution in [3.05, 3.63) is 18.0 Å². The number of aryl methyl sites for hydroxylation is 1. The number of carbonyl (C=O) groups excluding carboxylic acids is 1. The first-order chi connectivity index (χ1) is 8.04.